The van der Waals surface area contributed by atoms with Crippen LogP contribution in [0.15, 0.2) is 48.5 Å². The number of amides is 1. The summed E-state index contributed by atoms with van der Waals surface area (Å²) in [6, 6.07) is 14.4. The van der Waals surface area contributed by atoms with Crippen molar-refractivity contribution in [3.05, 3.63) is 65.2 Å². The number of rotatable bonds is 4. The van der Waals surface area contributed by atoms with Crippen molar-refractivity contribution in [2.45, 2.75) is 24.9 Å². The van der Waals surface area contributed by atoms with E-state index in [1.165, 1.54) is 0 Å². The fourth-order valence-electron chi connectivity index (χ4n) is 3.01. The van der Waals surface area contributed by atoms with Crippen molar-refractivity contribution in [2.24, 2.45) is 0 Å². The highest BCUT2D eigenvalue weighted by atomic mass is 16.3. The van der Waals surface area contributed by atoms with Gasteiger partial charge in [-0.2, -0.15) is 0 Å². The van der Waals surface area contributed by atoms with Gasteiger partial charge in [-0.05, 0) is 41.7 Å². The number of hydrogen-bond donors (Lipinski definition) is 3. The molecule has 0 saturated carbocycles. The average Bonchev–Trinajstić information content (AvgIpc) is 2.84. The molecule has 1 unspecified atom stereocenters. The molecular formula is C18H19NO3. The monoisotopic (exact) mass is 297 g/mol. The topological polar surface area (TPSA) is 69.6 Å². The standard InChI is InChI=1S/C18H19NO3/c20-15-6-3-4-13(10-15)11-17(21)19-12-18(22)9-8-14-5-1-2-7-16(14)18/h1-7,10,20,22H,8-9,11-12H2,(H,19,21). The Morgan fingerprint density at radius 3 is 2.82 bits per heavy atom. The Bertz CT molecular complexity index is 698. The number of phenolic OH excluding ortho intramolecular Hbond substituents is 1. The summed E-state index contributed by atoms with van der Waals surface area (Å²) in [5.41, 5.74) is 1.82. The molecular weight excluding hydrogens is 278 g/mol. The van der Waals surface area contributed by atoms with Gasteiger partial charge < -0.3 is 15.5 Å². The molecule has 2 aromatic rings. The van der Waals surface area contributed by atoms with Crippen LogP contribution in [0, 0.1) is 0 Å². The van der Waals surface area contributed by atoms with Crippen molar-refractivity contribution < 1.29 is 15.0 Å². The summed E-state index contributed by atoms with van der Waals surface area (Å²) in [6.45, 7) is 0.210. The molecule has 0 spiro atoms. The second-order valence-corrected chi connectivity index (χ2v) is 5.81. The molecule has 4 nitrogen and oxygen atoms in total. The highest BCUT2D eigenvalue weighted by Gasteiger charge is 2.36. The van der Waals surface area contributed by atoms with E-state index in [0.717, 1.165) is 23.1 Å². The fourth-order valence-corrected chi connectivity index (χ4v) is 3.01. The van der Waals surface area contributed by atoms with Gasteiger partial charge in [-0.3, -0.25) is 4.79 Å². The van der Waals surface area contributed by atoms with Crippen molar-refractivity contribution in [2.75, 3.05) is 6.54 Å². The molecule has 3 N–H and O–H groups in total. The van der Waals surface area contributed by atoms with Crippen LogP contribution >= 0.6 is 0 Å². The largest absolute Gasteiger partial charge is 0.508 e. The Morgan fingerprint density at radius 2 is 2.00 bits per heavy atom. The van der Waals surface area contributed by atoms with Crippen molar-refractivity contribution in [1.82, 2.24) is 5.32 Å². The summed E-state index contributed by atoms with van der Waals surface area (Å²) in [4.78, 5) is 12.0. The van der Waals surface area contributed by atoms with Crippen LogP contribution in [-0.4, -0.2) is 22.7 Å². The van der Waals surface area contributed by atoms with Crippen LogP contribution in [-0.2, 0) is 23.2 Å². The third kappa shape index (κ3) is 2.97. The number of hydrogen-bond acceptors (Lipinski definition) is 3. The molecule has 1 aliphatic carbocycles. The highest BCUT2D eigenvalue weighted by Crippen LogP contribution is 2.36. The third-order valence-corrected chi connectivity index (χ3v) is 4.18. The number of aliphatic hydroxyl groups is 1. The van der Waals surface area contributed by atoms with Crippen LogP contribution in [0.25, 0.3) is 0 Å². The van der Waals surface area contributed by atoms with Crippen LogP contribution < -0.4 is 5.32 Å². The molecule has 1 aliphatic rings. The van der Waals surface area contributed by atoms with Crippen LogP contribution in [0.4, 0.5) is 0 Å². The fraction of sp³-hybridized carbons (Fsp3) is 0.278. The minimum atomic E-state index is -0.981. The summed E-state index contributed by atoms with van der Waals surface area (Å²) < 4.78 is 0. The zero-order valence-electron chi connectivity index (χ0n) is 12.2. The van der Waals surface area contributed by atoms with Gasteiger partial charge in [0.2, 0.25) is 5.91 Å². The molecule has 0 bridgehead atoms. The second kappa shape index (κ2) is 5.81. The molecule has 4 heteroatoms. The third-order valence-electron chi connectivity index (χ3n) is 4.18. The summed E-state index contributed by atoms with van der Waals surface area (Å²) in [5, 5.41) is 23.0. The molecule has 0 saturated heterocycles. The molecule has 3 rings (SSSR count). The maximum atomic E-state index is 12.0. The smallest absolute Gasteiger partial charge is 0.224 e. The maximum Gasteiger partial charge on any atom is 0.224 e. The zero-order chi connectivity index (χ0) is 15.6. The van der Waals surface area contributed by atoms with Gasteiger partial charge in [0.15, 0.2) is 0 Å². The minimum absolute atomic E-state index is 0.147. The van der Waals surface area contributed by atoms with Crippen molar-refractivity contribution in [3.8, 4) is 5.75 Å². The summed E-state index contributed by atoms with van der Waals surface area (Å²) in [7, 11) is 0. The van der Waals surface area contributed by atoms with E-state index in [2.05, 4.69) is 5.32 Å². The maximum absolute atomic E-state index is 12.0. The van der Waals surface area contributed by atoms with Gasteiger partial charge in [-0.1, -0.05) is 36.4 Å². The first-order valence-electron chi connectivity index (χ1n) is 7.42. The Hall–Kier alpha value is -2.33. The number of nitrogens with one attached hydrogen (secondary N) is 1. The van der Waals surface area contributed by atoms with E-state index >= 15 is 0 Å². The lowest BCUT2D eigenvalue weighted by Crippen LogP contribution is -2.39. The van der Waals surface area contributed by atoms with Crippen LogP contribution in [0.3, 0.4) is 0 Å². The molecule has 0 fully saturated rings. The second-order valence-electron chi connectivity index (χ2n) is 5.81. The number of phenols is 1. The highest BCUT2D eigenvalue weighted by molar-refractivity contribution is 5.78. The number of aromatic hydroxyl groups is 1. The number of benzene rings is 2. The molecule has 1 amide bonds. The molecule has 1 atom stereocenters. The first-order chi connectivity index (χ1) is 10.6. The van der Waals surface area contributed by atoms with Gasteiger partial charge in [-0.15, -0.1) is 0 Å². The Morgan fingerprint density at radius 1 is 1.18 bits per heavy atom. The van der Waals surface area contributed by atoms with E-state index in [4.69, 9.17) is 0 Å². The molecule has 2 aromatic carbocycles. The van der Waals surface area contributed by atoms with E-state index < -0.39 is 5.60 Å². The van der Waals surface area contributed by atoms with E-state index in [-0.39, 0.29) is 24.6 Å². The number of aryl methyl sites for hydroxylation is 1. The zero-order valence-corrected chi connectivity index (χ0v) is 12.2. The summed E-state index contributed by atoms with van der Waals surface area (Å²) >= 11 is 0. The SMILES string of the molecule is O=C(Cc1cccc(O)c1)NCC1(O)CCc2ccccc21. The van der Waals surface area contributed by atoms with E-state index in [1.54, 1.807) is 24.3 Å². The summed E-state index contributed by atoms with van der Waals surface area (Å²) in [6.07, 6.45) is 1.64. The Balaban J connectivity index is 1.62. The van der Waals surface area contributed by atoms with Crippen LogP contribution in [0.2, 0.25) is 0 Å². The van der Waals surface area contributed by atoms with Gasteiger partial charge in [-0.25, -0.2) is 0 Å². The van der Waals surface area contributed by atoms with E-state index in [9.17, 15) is 15.0 Å². The van der Waals surface area contributed by atoms with Gasteiger partial charge in [0.05, 0.1) is 13.0 Å². The lowest BCUT2D eigenvalue weighted by atomic mass is 9.96. The predicted octanol–water partition coefficient (Wildman–Crippen LogP) is 1.88. The number of carbonyl (C=O) groups is 1. The lowest BCUT2D eigenvalue weighted by Gasteiger charge is -2.24. The lowest BCUT2D eigenvalue weighted by molar-refractivity contribution is -0.121. The molecule has 0 aliphatic heterocycles. The van der Waals surface area contributed by atoms with Gasteiger partial charge >= 0.3 is 0 Å². The van der Waals surface area contributed by atoms with Crippen molar-refractivity contribution >= 4 is 5.91 Å². The molecule has 0 radical (unpaired) electrons. The van der Waals surface area contributed by atoms with Crippen LogP contribution in [0.5, 0.6) is 5.75 Å². The quantitative estimate of drug-likeness (QED) is 0.807. The van der Waals surface area contributed by atoms with E-state index in [0.29, 0.717) is 6.42 Å². The van der Waals surface area contributed by atoms with Gasteiger partial charge in [0, 0.05) is 0 Å². The first-order valence-corrected chi connectivity index (χ1v) is 7.42. The number of fused-ring (bicyclic) bond motifs is 1. The van der Waals surface area contributed by atoms with Crippen molar-refractivity contribution in [1.29, 1.82) is 0 Å². The molecule has 0 aromatic heterocycles. The van der Waals surface area contributed by atoms with Gasteiger partial charge in [0.1, 0.15) is 11.4 Å². The predicted molar refractivity (Wildman–Crippen MR) is 83.5 cm³/mol. The Labute approximate surface area is 129 Å². The first kappa shape index (κ1) is 14.6. The van der Waals surface area contributed by atoms with Gasteiger partial charge in [0.25, 0.3) is 0 Å². The van der Waals surface area contributed by atoms with Crippen LogP contribution in [0.1, 0.15) is 23.1 Å². The normalized spacial score (nSPS) is 19.7. The average molecular weight is 297 g/mol. The minimum Gasteiger partial charge on any atom is -0.508 e. The Kier molecular flexibility index (Phi) is 3.86. The van der Waals surface area contributed by atoms with Crippen molar-refractivity contribution in [3.63, 3.8) is 0 Å². The summed E-state index contributed by atoms with van der Waals surface area (Å²) in [5.74, 6) is -0.0166. The number of carbonyl (C=O) groups excluding carboxylic acids is 1. The molecule has 114 valence electrons. The molecule has 0 heterocycles. The van der Waals surface area contributed by atoms with E-state index in [1.807, 2.05) is 24.3 Å². The molecule has 22 heavy (non-hydrogen) atoms.